The van der Waals surface area contributed by atoms with E-state index in [1.165, 1.54) is 18.4 Å². The van der Waals surface area contributed by atoms with Crippen LogP contribution >= 0.6 is 0 Å². The highest BCUT2D eigenvalue weighted by molar-refractivity contribution is 5.09. The second kappa shape index (κ2) is 10.0. The van der Waals surface area contributed by atoms with E-state index in [0.717, 1.165) is 38.5 Å². The lowest BCUT2D eigenvalue weighted by Crippen LogP contribution is -2.25. The molecule has 1 aromatic heterocycles. The molecule has 0 unspecified atom stereocenters. The van der Waals surface area contributed by atoms with Crippen LogP contribution in [0.15, 0.2) is 24.5 Å². The first-order valence-corrected chi connectivity index (χ1v) is 7.09. The second-order valence-corrected chi connectivity index (χ2v) is 5.16. The minimum atomic E-state index is 0.748. The summed E-state index contributed by atoms with van der Waals surface area (Å²) < 4.78 is 0. The Kier molecular flexibility index (Phi) is 8.43. The molecule has 0 saturated heterocycles. The van der Waals surface area contributed by atoms with Crippen molar-refractivity contribution in [3.8, 4) is 0 Å². The van der Waals surface area contributed by atoms with Gasteiger partial charge in [-0.25, -0.2) is 0 Å². The van der Waals surface area contributed by atoms with Crippen LogP contribution in [0.5, 0.6) is 0 Å². The van der Waals surface area contributed by atoms with Gasteiger partial charge in [-0.1, -0.05) is 13.8 Å². The molecule has 0 atom stereocenters. The van der Waals surface area contributed by atoms with Crippen LogP contribution in [0.25, 0.3) is 0 Å². The van der Waals surface area contributed by atoms with Gasteiger partial charge in [-0.2, -0.15) is 0 Å². The van der Waals surface area contributed by atoms with Crippen molar-refractivity contribution in [2.45, 2.75) is 33.1 Å². The Morgan fingerprint density at radius 2 is 1.67 bits per heavy atom. The molecule has 0 spiro atoms. The lowest BCUT2D eigenvalue weighted by Gasteiger charge is -2.08. The fourth-order valence-corrected chi connectivity index (χ4v) is 1.82. The number of rotatable bonds is 10. The third-order valence-electron chi connectivity index (χ3n) is 2.83. The number of hydrogen-bond acceptors (Lipinski definition) is 3. The maximum Gasteiger partial charge on any atom is 0.0270 e. The van der Waals surface area contributed by atoms with Crippen molar-refractivity contribution >= 4 is 0 Å². The highest BCUT2D eigenvalue weighted by Gasteiger charge is 1.94. The first-order chi connectivity index (χ1) is 8.79. The topological polar surface area (TPSA) is 37.0 Å². The molecule has 0 radical (unpaired) electrons. The predicted molar refractivity (Wildman–Crippen MR) is 77.8 cm³/mol. The Hall–Kier alpha value is -0.930. The Balaban J connectivity index is 1.84. The van der Waals surface area contributed by atoms with Crippen molar-refractivity contribution in [3.63, 3.8) is 0 Å². The summed E-state index contributed by atoms with van der Waals surface area (Å²) in [6.07, 6.45) is 7.28. The minimum Gasteiger partial charge on any atom is -0.317 e. The summed E-state index contributed by atoms with van der Waals surface area (Å²) in [5.74, 6) is 0.748. The third-order valence-corrected chi connectivity index (χ3v) is 2.83. The van der Waals surface area contributed by atoms with E-state index in [9.17, 15) is 0 Å². The van der Waals surface area contributed by atoms with Crippen LogP contribution < -0.4 is 10.6 Å². The van der Waals surface area contributed by atoms with Crippen LogP contribution in [-0.2, 0) is 6.42 Å². The van der Waals surface area contributed by atoms with E-state index in [-0.39, 0.29) is 0 Å². The summed E-state index contributed by atoms with van der Waals surface area (Å²) in [5, 5.41) is 6.94. The molecule has 0 aliphatic carbocycles. The van der Waals surface area contributed by atoms with Gasteiger partial charge in [0.1, 0.15) is 0 Å². The normalized spacial score (nSPS) is 11.1. The standard InChI is InChI=1S/C15H27N3/c1-14(2)13-18-10-4-9-16-8-3-5-15-6-11-17-12-7-15/h6-7,11-12,14,16,18H,3-5,8-10,13H2,1-2H3. The molecule has 3 nitrogen and oxygen atoms in total. The zero-order valence-corrected chi connectivity index (χ0v) is 11.8. The molecule has 0 aliphatic heterocycles. The number of nitrogens with one attached hydrogen (secondary N) is 2. The van der Waals surface area contributed by atoms with E-state index >= 15 is 0 Å². The van der Waals surface area contributed by atoms with Crippen LogP contribution in [0.2, 0.25) is 0 Å². The van der Waals surface area contributed by atoms with E-state index in [2.05, 4.69) is 41.6 Å². The summed E-state index contributed by atoms with van der Waals surface area (Å²) in [6.45, 7) is 8.94. The molecule has 2 N–H and O–H groups in total. The first kappa shape index (κ1) is 15.1. The summed E-state index contributed by atoms with van der Waals surface area (Å²) in [6, 6.07) is 4.19. The van der Waals surface area contributed by atoms with Crippen LogP contribution in [0.3, 0.4) is 0 Å². The molecule has 18 heavy (non-hydrogen) atoms. The van der Waals surface area contributed by atoms with Gasteiger partial charge in [0.15, 0.2) is 0 Å². The second-order valence-electron chi connectivity index (χ2n) is 5.16. The number of aromatic nitrogens is 1. The lowest BCUT2D eigenvalue weighted by molar-refractivity contribution is 0.528. The van der Waals surface area contributed by atoms with E-state index in [1.54, 1.807) is 0 Å². The van der Waals surface area contributed by atoms with E-state index in [0.29, 0.717) is 0 Å². The number of hydrogen-bond donors (Lipinski definition) is 2. The van der Waals surface area contributed by atoms with Crippen molar-refractivity contribution in [3.05, 3.63) is 30.1 Å². The van der Waals surface area contributed by atoms with Gasteiger partial charge in [0.2, 0.25) is 0 Å². The molecule has 0 aliphatic rings. The molecule has 0 fully saturated rings. The highest BCUT2D eigenvalue weighted by Crippen LogP contribution is 1.99. The summed E-state index contributed by atoms with van der Waals surface area (Å²) in [7, 11) is 0. The van der Waals surface area contributed by atoms with E-state index < -0.39 is 0 Å². The summed E-state index contributed by atoms with van der Waals surface area (Å²) >= 11 is 0. The molecule has 0 saturated carbocycles. The van der Waals surface area contributed by atoms with Crippen LogP contribution in [0.1, 0.15) is 32.3 Å². The molecular formula is C15H27N3. The molecule has 0 aromatic carbocycles. The van der Waals surface area contributed by atoms with Gasteiger partial charge in [-0.3, -0.25) is 4.98 Å². The SMILES string of the molecule is CC(C)CNCCCNCCCc1ccncc1. The summed E-state index contributed by atoms with van der Waals surface area (Å²) in [4.78, 5) is 4.02. The van der Waals surface area contributed by atoms with E-state index in [1.807, 2.05) is 12.4 Å². The zero-order valence-electron chi connectivity index (χ0n) is 11.8. The van der Waals surface area contributed by atoms with Gasteiger partial charge in [-0.05, 0) is 69.1 Å². The van der Waals surface area contributed by atoms with Gasteiger partial charge < -0.3 is 10.6 Å². The molecule has 3 heteroatoms. The first-order valence-electron chi connectivity index (χ1n) is 7.09. The van der Waals surface area contributed by atoms with Crippen molar-refractivity contribution in [2.75, 3.05) is 26.2 Å². The number of aryl methyl sites for hydroxylation is 1. The fourth-order valence-electron chi connectivity index (χ4n) is 1.82. The van der Waals surface area contributed by atoms with Gasteiger partial charge in [0.25, 0.3) is 0 Å². The predicted octanol–water partition coefficient (Wildman–Crippen LogP) is 2.24. The summed E-state index contributed by atoms with van der Waals surface area (Å²) in [5.41, 5.74) is 1.38. The molecular weight excluding hydrogens is 222 g/mol. The van der Waals surface area contributed by atoms with Crippen molar-refractivity contribution in [2.24, 2.45) is 5.92 Å². The monoisotopic (exact) mass is 249 g/mol. The van der Waals surface area contributed by atoms with E-state index in [4.69, 9.17) is 0 Å². The molecule has 1 heterocycles. The average Bonchev–Trinajstić information content (AvgIpc) is 2.37. The van der Waals surface area contributed by atoms with Gasteiger partial charge in [0, 0.05) is 12.4 Å². The lowest BCUT2D eigenvalue weighted by atomic mass is 10.1. The Morgan fingerprint density at radius 1 is 1.00 bits per heavy atom. The smallest absolute Gasteiger partial charge is 0.0270 e. The quantitative estimate of drug-likeness (QED) is 0.624. The Morgan fingerprint density at radius 3 is 2.39 bits per heavy atom. The van der Waals surface area contributed by atoms with Gasteiger partial charge in [-0.15, -0.1) is 0 Å². The molecule has 1 aromatic rings. The fraction of sp³-hybridized carbons (Fsp3) is 0.667. The third kappa shape index (κ3) is 8.20. The highest BCUT2D eigenvalue weighted by atomic mass is 14.9. The molecule has 0 amide bonds. The largest absolute Gasteiger partial charge is 0.317 e. The maximum atomic E-state index is 4.02. The Bertz CT molecular complexity index is 285. The van der Waals surface area contributed by atoms with Crippen LogP contribution in [-0.4, -0.2) is 31.2 Å². The van der Waals surface area contributed by atoms with Gasteiger partial charge >= 0.3 is 0 Å². The zero-order chi connectivity index (χ0) is 13.1. The number of nitrogens with zero attached hydrogens (tertiary/aromatic N) is 1. The molecule has 102 valence electrons. The van der Waals surface area contributed by atoms with Crippen molar-refractivity contribution < 1.29 is 0 Å². The molecule has 1 rings (SSSR count). The Labute approximate surface area is 111 Å². The van der Waals surface area contributed by atoms with Gasteiger partial charge in [0.05, 0.1) is 0 Å². The van der Waals surface area contributed by atoms with Crippen molar-refractivity contribution in [1.82, 2.24) is 15.6 Å². The minimum absolute atomic E-state index is 0.748. The van der Waals surface area contributed by atoms with Crippen molar-refractivity contribution in [1.29, 1.82) is 0 Å². The van der Waals surface area contributed by atoms with Crippen LogP contribution in [0, 0.1) is 5.92 Å². The van der Waals surface area contributed by atoms with Crippen LogP contribution in [0.4, 0.5) is 0 Å². The maximum absolute atomic E-state index is 4.02. The molecule has 0 bridgehead atoms. The number of pyridine rings is 1. The average molecular weight is 249 g/mol.